The topological polar surface area (TPSA) is 55.4 Å². The lowest BCUT2D eigenvalue weighted by Gasteiger charge is -2.11. The molecule has 0 aromatic heterocycles. The van der Waals surface area contributed by atoms with Crippen LogP contribution in [0.4, 0.5) is 5.69 Å². The summed E-state index contributed by atoms with van der Waals surface area (Å²) in [6, 6.07) is 4.67. The third kappa shape index (κ3) is 4.04. The number of amides is 1. The number of rotatable bonds is 4. The number of esters is 1. The van der Waals surface area contributed by atoms with Crippen molar-refractivity contribution in [2.45, 2.75) is 20.3 Å². The summed E-state index contributed by atoms with van der Waals surface area (Å²) in [5.74, 6) is -0.423. The van der Waals surface area contributed by atoms with E-state index in [4.69, 9.17) is 11.6 Å². The van der Waals surface area contributed by atoms with Crippen molar-refractivity contribution in [2.24, 2.45) is 5.92 Å². The van der Waals surface area contributed by atoms with E-state index in [2.05, 4.69) is 10.1 Å². The highest BCUT2D eigenvalue weighted by Gasteiger charge is 2.15. The number of ether oxygens (including phenoxy) is 1. The number of anilines is 1. The van der Waals surface area contributed by atoms with Crippen LogP contribution >= 0.6 is 11.6 Å². The molecule has 1 amide bonds. The van der Waals surface area contributed by atoms with Crippen LogP contribution in [0.5, 0.6) is 0 Å². The van der Waals surface area contributed by atoms with Gasteiger partial charge in [-0.05, 0) is 24.1 Å². The first kappa shape index (κ1) is 14.5. The molecule has 98 valence electrons. The van der Waals surface area contributed by atoms with E-state index in [1.54, 1.807) is 12.1 Å². The fourth-order valence-corrected chi connectivity index (χ4v) is 1.65. The van der Waals surface area contributed by atoms with Gasteiger partial charge in [0.25, 0.3) is 0 Å². The molecular weight excluding hydrogens is 254 g/mol. The van der Waals surface area contributed by atoms with Gasteiger partial charge in [0, 0.05) is 11.4 Å². The lowest BCUT2D eigenvalue weighted by molar-refractivity contribution is -0.116. The van der Waals surface area contributed by atoms with Crippen molar-refractivity contribution < 1.29 is 14.3 Å². The Balaban J connectivity index is 2.94. The number of carbonyl (C=O) groups excluding carboxylic acids is 2. The van der Waals surface area contributed by atoms with Crippen LogP contribution in [0.25, 0.3) is 0 Å². The van der Waals surface area contributed by atoms with Crippen molar-refractivity contribution in [3.05, 3.63) is 28.8 Å². The Morgan fingerprint density at radius 3 is 2.61 bits per heavy atom. The van der Waals surface area contributed by atoms with Gasteiger partial charge in [0.05, 0.1) is 18.4 Å². The molecule has 4 nitrogen and oxygen atoms in total. The van der Waals surface area contributed by atoms with Gasteiger partial charge in [-0.3, -0.25) is 4.79 Å². The summed E-state index contributed by atoms with van der Waals surface area (Å²) in [6.07, 6.45) is 0.392. The van der Waals surface area contributed by atoms with E-state index in [0.29, 0.717) is 17.1 Å². The number of hydrogen-bond acceptors (Lipinski definition) is 3. The van der Waals surface area contributed by atoms with Gasteiger partial charge in [-0.1, -0.05) is 25.4 Å². The highest BCUT2D eigenvalue weighted by molar-refractivity contribution is 6.31. The predicted molar refractivity (Wildman–Crippen MR) is 70.9 cm³/mol. The lowest BCUT2D eigenvalue weighted by atomic mass is 10.1. The molecule has 0 aliphatic carbocycles. The predicted octanol–water partition coefficient (Wildman–Crippen LogP) is 3.11. The molecule has 0 radical (unpaired) electrons. The normalized spacial score (nSPS) is 10.3. The molecule has 1 N–H and O–H groups in total. The monoisotopic (exact) mass is 269 g/mol. The molecule has 0 aliphatic rings. The van der Waals surface area contributed by atoms with Crippen molar-refractivity contribution in [1.29, 1.82) is 0 Å². The van der Waals surface area contributed by atoms with Crippen LogP contribution in [0, 0.1) is 5.92 Å². The van der Waals surface area contributed by atoms with E-state index >= 15 is 0 Å². The minimum absolute atomic E-state index is 0.141. The van der Waals surface area contributed by atoms with Crippen LogP contribution in [-0.4, -0.2) is 19.0 Å². The molecule has 1 aromatic carbocycles. The van der Waals surface area contributed by atoms with Crippen LogP contribution in [-0.2, 0) is 9.53 Å². The maximum atomic E-state index is 11.7. The number of halogens is 1. The largest absolute Gasteiger partial charge is 0.465 e. The zero-order valence-corrected chi connectivity index (χ0v) is 11.4. The Labute approximate surface area is 111 Å². The Hall–Kier alpha value is -1.55. The van der Waals surface area contributed by atoms with Gasteiger partial charge in [0.1, 0.15) is 0 Å². The summed E-state index contributed by atoms with van der Waals surface area (Å²) < 4.78 is 4.65. The van der Waals surface area contributed by atoms with Gasteiger partial charge in [0.2, 0.25) is 5.91 Å². The van der Waals surface area contributed by atoms with Crippen LogP contribution in [0.15, 0.2) is 18.2 Å². The average molecular weight is 270 g/mol. The number of methoxy groups -OCH3 is 1. The lowest BCUT2D eigenvalue weighted by Crippen LogP contribution is -2.16. The van der Waals surface area contributed by atoms with Crippen LogP contribution in [0.3, 0.4) is 0 Å². The molecular formula is C13H16ClNO3. The maximum absolute atomic E-state index is 11.7. The van der Waals surface area contributed by atoms with Crippen LogP contribution in [0.2, 0.25) is 5.02 Å². The molecule has 0 spiro atoms. The first-order valence-corrected chi connectivity index (χ1v) is 5.99. The summed E-state index contributed by atoms with van der Waals surface area (Å²) in [6.45, 7) is 3.89. The number of carbonyl (C=O) groups is 2. The summed E-state index contributed by atoms with van der Waals surface area (Å²) in [5, 5.41) is 3.10. The van der Waals surface area contributed by atoms with Crippen molar-refractivity contribution in [1.82, 2.24) is 0 Å². The number of nitrogens with one attached hydrogen (secondary N) is 1. The van der Waals surface area contributed by atoms with Gasteiger partial charge in [-0.2, -0.15) is 0 Å². The summed E-state index contributed by atoms with van der Waals surface area (Å²) in [7, 11) is 1.28. The molecule has 0 bridgehead atoms. The van der Waals surface area contributed by atoms with Gasteiger partial charge < -0.3 is 10.1 Å². The quantitative estimate of drug-likeness (QED) is 0.855. The standard InChI is InChI=1S/C13H16ClNO3/c1-8(2)6-12(16)15-11-5-4-9(14)7-10(11)13(17)18-3/h4-5,7-8H,6H2,1-3H3,(H,15,16). The van der Waals surface area contributed by atoms with E-state index in [1.165, 1.54) is 13.2 Å². The Kier molecular flexibility index (Phi) is 5.16. The second-order valence-electron chi connectivity index (χ2n) is 4.33. The summed E-state index contributed by atoms with van der Waals surface area (Å²) >= 11 is 5.82. The Morgan fingerprint density at radius 1 is 1.39 bits per heavy atom. The molecule has 0 atom stereocenters. The molecule has 1 aromatic rings. The van der Waals surface area contributed by atoms with E-state index in [9.17, 15) is 9.59 Å². The first-order chi connectivity index (χ1) is 8.43. The van der Waals surface area contributed by atoms with E-state index < -0.39 is 5.97 Å². The minimum atomic E-state index is -0.530. The molecule has 0 saturated heterocycles. The first-order valence-electron chi connectivity index (χ1n) is 5.61. The molecule has 0 heterocycles. The van der Waals surface area contributed by atoms with E-state index in [-0.39, 0.29) is 17.4 Å². The molecule has 0 fully saturated rings. The Morgan fingerprint density at radius 2 is 2.06 bits per heavy atom. The molecule has 0 aliphatic heterocycles. The number of benzene rings is 1. The molecule has 0 saturated carbocycles. The van der Waals surface area contributed by atoms with Crippen molar-refractivity contribution in [3.63, 3.8) is 0 Å². The highest BCUT2D eigenvalue weighted by atomic mass is 35.5. The third-order valence-electron chi connectivity index (χ3n) is 2.25. The van der Waals surface area contributed by atoms with Crippen molar-refractivity contribution in [3.8, 4) is 0 Å². The van der Waals surface area contributed by atoms with Gasteiger partial charge in [0.15, 0.2) is 0 Å². The van der Waals surface area contributed by atoms with E-state index in [0.717, 1.165) is 0 Å². The SMILES string of the molecule is COC(=O)c1cc(Cl)ccc1NC(=O)CC(C)C. The van der Waals surface area contributed by atoms with Gasteiger partial charge in [-0.25, -0.2) is 4.79 Å². The van der Waals surface area contributed by atoms with Gasteiger partial charge in [-0.15, -0.1) is 0 Å². The molecule has 1 rings (SSSR count). The molecule has 5 heteroatoms. The second kappa shape index (κ2) is 6.40. The fourth-order valence-electron chi connectivity index (χ4n) is 1.48. The van der Waals surface area contributed by atoms with Crippen molar-refractivity contribution >= 4 is 29.2 Å². The third-order valence-corrected chi connectivity index (χ3v) is 2.49. The zero-order valence-electron chi connectivity index (χ0n) is 10.6. The van der Waals surface area contributed by atoms with Crippen molar-refractivity contribution in [2.75, 3.05) is 12.4 Å². The molecule has 0 unspecified atom stereocenters. The summed E-state index contributed by atoms with van der Waals surface area (Å²) in [4.78, 5) is 23.2. The smallest absolute Gasteiger partial charge is 0.340 e. The van der Waals surface area contributed by atoms with Crippen LogP contribution < -0.4 is 5.32 Å². The average Bonchev–Trinajstić information content (AvgIpc) is 2.29. The maximum Gasteiger partial charge on any atom is 0.340 e. The fraction of sp³-hybridized carbons (Fsp3) is 0.385. The Bertz CT molecular complexity index is 458. The zero-order chi connectivity index (χ0) is 13.7. The highest BCUT2D eigenvalue weighted by Crippen LogP contribution is 2.22. The minimum Gasteiger partial charge on any atom is -0.465 e. The van der Waals surface area contributed by atoms with E-state index in [1.807, 2.05) is 13.8 Å². The second-order valence-corrected chi connectivity index (χ2v) is 4.76. The summed E-state index contributed by atoms with van der Waals surface area (Å²) in [5.41, 5.74) is 0.666. The number of hydrogen-bond donors (Lipinski definition) is 1. The molecule has 18 heavy (non-hydrogen) atoms. The van der Waals surface area contributed by atoms with Gasteiger partial charge >= 0.3 is 5.97 Å². The van der Waals surface area contributed by atoms with Crippen LogP contribution in [0.1, 0.15) is 30.6 Å².